The number of hydrogen-bond donors (Lipinski definition) is 0. The molecule has 0 aliphatic carbocycles. The van der Waals surface area contributed by atoms with E-state index in [1.165, 1.54) is 0 Å². The number of rotatable bonds is 2. The summed E-state index contributed by atoms with van der Waals surface area (Å²) in [4.78, 5) is 11.0. The lowest BCUT2D eigenvalue weighted by Crippen LogP contribution is -2.34. The monoisotopic (exact) mass is 172 g/mol. The first kappa shape index (κ1) is 9.52. The van der Waals surface area contributed by atoms with E-state index in [-0.39, 0.29) is 18.4 Å². The lowest BCUT2D eigenvalue weighted by atomic mass is 10.1. The van der Waals surface area contributed by atoms with Crippen molar-refractivity contribution < 1.29 is 14.3 Å². The van der Waals surface area contributed by atoms with Gasteiger partial charge in [-0.15, -0.1) is 0 Å². The zero-order valence-corrected chi connectivity index (χ0v) is 7.87. The standard InChI is InChI=1S/C9H16O3/c1-6(2)4-9-11-7(3)5-8(10)12-9/h6-7,9H,4-5H2,1-3H3. The number of hydrogen-bond acceptors (Lipinski definition) is 3. The highest BCUT2D eigenvalue weighted by molar-refractivity contribution is 5.70. The third-order valence-electron chi connectivity index (χ3n) is 1.76. The van der Waals surface area contributed by atoms with Crippen LogP contribution in [-0.2, 0) is 14.3 Å². The quantitative estimate of drug-likeness (QED) is 0.595. The van der Waals surface area contributed by atoms with E-state index in [2.05, 4.69) is 13.8 Å². The van der Waals surface area contributed by atoms with Crippen molar-refractivity contribution in [1.29, 1.82) is 0 Å². The van der Waals surface area contributed by atoms with Gasteiger partial charge in [-0.3, -0.25) is 4.79 Å². The third kappa shape index (κ3) is 2.81. The highest BCUT2D eigenvalue weighted by Gasteiger charge is 2.26. The molecular weight excluding hydrogens is 156 g/mol. The van der Waals surface area contributed by atoms with E-state index in [1.807, 2.05) is 6.92 Å². The normalized spacial score (nSPS) is 30.5. The highest BCUT2D eigenvalue weighted by Crippen LogP contribution is 2.18. The van der Waals surface area contributed by atoms with Gasteiger partial charge in [0, 0.05) is 6.42 Å². The van der Waals surface area contributed by atoms with Crippen molar-refractivity contribution in [1.82, 2.24) is 0 Å². The van der Waals surface area contributed by atoms with Crippen molar-refractivity contribution in [3.63, 3.8) is 0 Å². The topological polar surface area (TPSA) is 35.5 Å². The van der Waals surface area contributed by atoms with Crippen LogP contribution in [0.25, 0.3) is 0 Å². The van der Waals surface area contributed by atoms with E-state index in [1.54, 1.807) is 0 Å². The molecule has 1 fully saturated rings. The second-order valence-corrected chi connectivity index (χ2v) is 3.70. The zero-order chi connectivity index (χ0) is 9.14. The van der Waals surface area contributed by atoms with Gasteiger partial charge in [-0.1, -0.05) is 13.8 Å². The van der Waals surface area contributed by atoms with E-state index in [9.17, 15) is 4.79 Å². The van der Waals surface area contributed by atoms with Gasteiger partial charge >= 0.3 is 5.97 Å². The molecule has 0 amide bonds. The van der Waals surface area contributed by atoms with E-state index in [0.717, 1.165) is 6.42 Å². The molecule has 0 aromatic rings. The Hall–Kier alpha value is -0.570. The van der Waals surface area contributed by atoms with Crippen molar-refractivity contribution >= 4 is 5.97 Å². The van der Waals surface area contributed by atoms with Gasteiger partial charge in [0.1, 0.15) is 0 Å². The molecule has 0 N–H and O–H groups in total. The average Bonchev–Trinajstić information content (AvgIpc) is 1.81. The lowest BCUT2D eigenvalue weighted by molar-refractivity contribution is -0.215. The largest absolute Gasteiger partial charge is 0.436 e. The number of cyclic esters (lactones) is 1. The molecule has 3 heteroatoms. The van der Waals surface area contributed by atoms with Gasteiger partial charge in [-0.05, 0) is 12.8 Å². The number of carbonyl (C=O) groups excluding carboxylic acids is 1. The molecular formula is C9H16O3. The van der Waals surface area contributed by atoms with Crippen LogP contribution < -0.4 is 0 Å². The van der Waals surface area contributed by atoms with Crippen LogP contribution in [0.1, 0.15) is 33.6 Å². The third-order valence-corrected chi connectivity index (χ3v) is 1.76. The lowest BCUT2D eigenvalue weighted by Gasteiger charge is -2.28. The maximum absolute atomic E-state index is 11.0. The van der Waals surface area contributed by atoms with Crippen molar-refractivity contribution in [2.45, 2.75) is 46.0 Å². The van der Waals surface area contributed by atoms with Crippen LogP contribution in [0.15, 0.2) is 0 Å². The zero-order valence-electron chi connectivity index (χ0n) is 7.87. The fraction of sp³-hybridized carbons (Fsp3) is 0.889. The molecule has 1 aliphatic rings. The summed E-state index contributed by atoms with van der Waals surface area (Å²) < 4.78 is 10.4. The first-order valence-corrected chi connectivity index (χ1v) is 4.43. The summed E-state index contributed by atoms with van der Waals surface area (Å²) in [5.74, 6) is 0.354. The van der Waals surface area contributed by atoms with Crippen molar-refractivity contribution in [3.8, 4) is 0 Å². The van der Waals surface area contributed by atoms with Crippen molar-refractivity contribution in [2.24, 2.45) is 5.92 Å². The van der Waals surface area contributed by atoms with E-state index in [0.29, 0.717) is 12.3 Å². The number of esters is 1. The van der Waals surface area contributed by atoms with E-state index in [4.69, 9.17) is 9.47 Å². The van der Waals surface area contributed by atoms with Crippen LogP contribution in [0.3, 0.4) is 0 Å². The van der Waals surface area contributed by atoms with Gasteiger partial charge in [0.25, 0.3) is 0 Å². The summed E-state index contributed by atoms with van der Waals surface area (Å²) in [6.45, 7) is 6.06. The van der Waals surface area contributed by atoms with Crippen LogP contribution in [0, 0.1) is 5.92 Å². The summed E-state index contributed by atoms with van der Waals surface area (Å²) in [5.41, 5.74) is 0. The summed E-state index contributed by atoms with van der Waals surface area (Å²) >= 11 is 0. The molecule has 0 radical (unpaired) electrons. The van der Waals surface area contributed by atoms with Gasteiger partial charge in [-0.25, -0.2) is 0 Å². The molecule has 12 heavy (non-hydrogen) atoms. The molecule has 1 saturated heterocycles. The molecule has 0 aromatic carbocycles. The molecule has 0 aromatic heterocycles. The van der Waals surface area contributed by atoms with E-state index >= 15 is 0 Å². The molecule has 1 heterocycles. The minimum absolute atomic E-state index is 0.00926. The second-order valence-electron chi connectivity index (χ2n) is 3.70. The molecule has 1 rings (SSSR count). The first-order valence-electron chi connectivity index (χ1n) is 4.43. The van der Waals surface area contributed by atoms with Gasteiger partial charge in [0.05, 0.1) is 12.5 Å². The SMILES string of the molecule is CC(C)CC1OC(=O)CC(C)O1. The molecule has 70 valence electrons. The minimum Gasteiger partial charge on any atom is -0.436 e. The van der Waals surface area contributed by atoms with Crippen LogP contribution in [0.2, 0.25) is 0 Å². The van der Waals surface area contributed by atoms with Gasteiger partial charge in [0.15, 0.2) is 0 Å². The van der Waals surface area contributed by atoms with Gasteiger partial charge in [0.2, 0.25) is 6.29 Å². The number of ether oxygens (including phenoxy) is 2. The van der Waals surface area contributed by atoms with Crippen molar-refractivity contribution in [2.75, 3.05) is 0 Å². The summed E-state index contributed by atoms with van der Waals surface area (Å²) in [6.07, 6.45) is 0.862. The predicted octanol–water partition coefficient (Wildman–Crippen LogP) is 1.71. The fourth-order valence-electron chi connectivity index (χ4n) is 1.25. The molecule has 0 bridgehead atoms. The fourth-order valence-corrected chi connectivity index (χ4v) is 1.25. The Bertz CT molecular complexity index is 163. The summed E-state index contributed by atoms with van der Waals surface area (Å²) in [5, 5.41) is 0. The molecule has 2 unspecified atom stereocenters. The van der Waals surface area contributed by atoms with E-state index < -0.39 is 0 Å². The predicted molar refractivity (Wildman–Crippen MR) is 44.5 cm³/mol. The van der Waals surface area contributed by atoms with Crippen LogP contribution >= 0.6 is 0 Å². The maximum atomic E-state index is 11.0. The Kier molecular flexibility index (Phi) is 3.09. The Balaban J connectivity index is 2.39. The Morgan fingerprint density at radius 3 is 2.75 bits per heavy atom. The Morgan fingerprint density at radius 2 is 2.25 bits per heavy atom. The van der Waals surface area contributed by atoms with Crippen LogP contribution in [0.4, 0.5) is 0 Å². The molecule has 0 saturated carbocycles. The van der Waals surface area contributed by atoms with Crippen molar-refractivity contribution in [3.05, 3.63) is 0 Å². The summed E-state index contributed by atoms with van der Waals surface area (Å²) in [6, 6.07) is 0. The molecule has 3 nitrogen and oxygen atoms in total. The second kappa shape index (κ2) is 3.90. The van der Waals surface area contributed by atoms with Crippen LogP contribution in [-0.4, -0.2) is 18.4 Å². The molecule has 1 aliphatic heterocycles. The Morgan fingerprint density at radius 1 is 1.58 bits per heavy atom. The highest BCUT2D eigenvalue weighted by atomic mass is 16.7. The van der Waals surface area contributed by atoms with Gasteiger partial charge < -0.3 is 9.47 Å². The summed E-state index contributed by atoms with van der Waals surface area (Å²) in [7, 11) is 0. The maximum Gasteiger partial charge on any atom is 0.310 e. The molecule has 0 spiro atoms. The molecule has 2 atom stereocenters. The van der Waals surface area contributed by atoms with Gasteiger partial charge in [-0.2, -0.15) is 0 Å². The Labute approximate surface area is 73.0 Å². The first-order chi connectivity index (χ1) is 5.58. The van der Waals surface area contributed by atoms with Crippen LogP contribution in [0.5, 0.6) is 0 Å². The average molecular weight is 172 g/mol. The minimum atomic E-state index is -0.318. The smallest absolute Gasteiger partial charge is 0.310 e. The number of carbonyl (C=O) groups is 1.